The molecule has 1 aromatic carbocycles. The van der Waals surface area contributed by atoms with Gasteiger partial charge in [0.1, 0.15) is 4.32 Å². The Morgan fingerprint density at radius 1 is 1.17 bits per heavy atom. The average molecular weight is 346 g/mol. The van der Waals surface area contributed by atoms with Crippen molar-refractivity contribution in [3.63, 3.8) is 0 Å². The van der Waals surface area contributed by atoms with E-state index in [1.165, 1.54) is 11.8 Å². The van der Waals surface area contributed by atoms with Crippen molar-refractivity contribution in [2.45, 2.75) is 33.2 Å². The number of rotatable bonds is 3. The van der Waals surface area contributed by atoms with Crippen LogP contribution in [0, 0.1) is 0 Å². The zero-order valence-corrected chi connectivity index (χ0v) is 15.0. The molecule has 0 aliphatic carbocycles. The lowest BCUT2D eigenvalue weighted by molar-refractivity contribution is -0.123. The van der Waals surface area contributed by atoms with E-state index < -0.39 is 0 Å². The number of amides is 2. The van der Waals surface area contributed by atoms with Gasteiger partial charge in [0.25, 0.3) is 11.8 Å². The molecule has 0 N–H and O–H groups in total. The maximum atomic E-state index is 12.8. The molecular formula is C17H18N2O2S2. The van der Waals surface area contributed by atoms with E-state index in [-0.39, 0.29) is 17.9 Å². The highest BCUT2D eigenvalue weighted by Gasteiger charge is 2.42. The van der Waals surface area contributed by atoms with Crippen molar-refractivity contribution < 1.29 is 9.59 Å². The third-order valence-electron chi connectivity index (χ3n) is 4.30. The minimum atomic E-state index is -0.148. The van der Waals surface area contributed by atoms with Crippen molar-refractivity contribution in [3.8, 4) is 0 Å². The summed E-state index contributed by atoms with van der Waals surface area (Å²) < 4.78 is 0.534. The minimum absolute atomic E-state index is 0.0367. The number of nitrogens with zero attached hydrogens (tertiary/aromatic N) is 2. The Kier molecular flexibility index (Phi) is 4.29. The number of benzene rings is 1. The van der Waals surface area contributed by atoms with Crippen LogP contribution in [-0.2, 0) is 9.59 Å². The summed E-state index contributed by atoms with van der Waals surface area (Å²) in [7, 11) is 0. The quantitative estimate of drug-likeness (QED) is 0.621. The van der Waals surface area contributed by atoms with Gasteiger partial charge in [-0.25, -0.2) is 0 Å². The summed E-state index contributed by atoms with van der Waals surface area (Å²) >= 11 is 6.62. The fourth-order valence-corrected chi connectivity index (χ4v) is 4.44. The van der Waals surface area contributed by atoms with Crippen molar-refractivity contribution in [1.82, 2.24) is 4.90 Å². The van der Waals surface area contributed by atoms with Gasteiger partial charge in [-0.1, -0.05) is 49.1 Å². The van der Waals surface area contributed by atoms with Crippen molar-refractivity contribution in [2.24, 2.45) is 0 Å². The van der Waals surface area contributed by atoms with Gasteiger partial charge in [0, 0.05) is 18.2 Å². The van der Waals surface area contributed by atoms with Crippen LogP contribution in [0.5, 0.6) is 0 Å². The number of likely N-dealkylation sites (N-methyl/N-ethyl adjacent to an activating group) is 1. The SMILES string of the molecule is CCC(C)N1C(=O)C(=C2C(=O)N(CC)c3ccccc32)SC1=S. The molecule has 0 bridgehead atoms. The third-order valence-corrected chi connectivity index (χ3v) is 5.70. The average Bonchev–Trinajstić information content (AvgIpc) is 2.99. The van der Waals surface area contributed by atoms with E-state index in [1.54, 1.807) is 9.80 Å². The molecule has 1 atom stereocenters. The zero-order chi connectivity index (χ0) is 16.7. The van der Waals surface area contributed by atoms with Crippen LogP contribution in [0.15, 0.2) is 29.2 Å². The smallest absolute Gasteiger partial charge is 0.267 e. The number of para-hydroxylation sites is 1. The van der Waals surface area contributed by atoms with E-state index in [1.807, 2.05) is 45.0 Å². The topological polar surface area (TPSA) is 40.6 Å². The van der Waals surface area contributed by atoms with E-state index >= 15 is 0 Å². The molecule has 6 heteroatoms. The summed E-state index contributed by atoms with van der Waals surface area (Å²) in [6, 6.07) is 7.64. The Hall–Kier alpha value is -1.66. The maximum absolute atomic E-state index is 12.8. The Morgan fingerprint density at radius 3 is 2.52 bits per heavy atom. The van der Waals surface area contributed by atoms with Crippen molar-refractivity contribution in [1.29, 1.82) is 0 Å². The van der Waals surface area contributed by atoms with E-state index in [2.05, 4.69) is 0 Å². The van der Waals surface area contributed by atoms with Gasteiger partial charge < -0.3 is 4.90 Å². The van der Waals surface area contributed by atoms with Gasteiger partial charge in [-0.3, -0.25) is 14.5 Å². The Balaban J connectivity index is 2.14. The first kappa shape index (κ1) is 16.2. The second kappa shape index (κ2) is 6.09. The number of hydrogen-bond acceptors (Lipinski definition) is 4. The molecule has 2 amide bonds. The van der Waals surface area contributed by atoms with E-state index in [0.717, 1.165) is 17.7 Å². The summed E-state index contributed by atoms with van der Waals surface area (Å²) in [5.41, 5.74) is 2.18. The first-order valence-corrected chi connectivity index (χ1v) is 8.94. The van der Waals surface area contributed by atoms with Gasteiger partial charge in [0.2, 0.25) is 0 Å². The van der Waals surface area contributed by atoms with Crippen molar-refractivity contribution in [3.05, 3.63) is 34.7 Å². The molecule has 2 aliphatic rings. The number of thiocarbonyl (C=S) groups is 1. The molecule has 2 aliphatic heterocycles. The Labute approximate surface area is 145 Å². The van der Waals surface area contributed by atoms with Crippen LogP contribution in [0.1, 0.15) is 32.8 Å². The van der Waals surface area contributed by atoms with Gasteiger partial charge in [0.15, 0.2) is 0 Å². The van der Waals surface area contributed by atoms with Crippen molar-refractivity contribution in [2.75, 3.05) is 11.4 Å². The van der Waals surface area contributed by atoms with Gasteiger partial charge in [0.05, 0.1) is 16.2 Å². The van der Waals surface area contributed by atoms with Crippen LogP contribution in [0.3, 0.4) is 0 Å². The molecule has 3 rings (SSSR count). The first-order valence-electron chi connectivity index (χ1n) is 7.72. The largest absolute Gasteiger partial charge is 0.308 e. The normalized spacial score (nSPS) is 22.1. The Bertz CT molecular complexity index is 742. The van der Waals surface area contributed by atoms with Crippen LogP contribution in [0.2, 0.25) is 0 Å². The highest BCUT2D eigenvalue weighted by Crippen LogP contribution is 2.44. The van der Waals surface area contributed by atoms with E-state index in [4.69, 9.17) is 12.2 Å². The summed E-state index contributed by atoms with van der Waals surface area (Å²) in [5, 5.41) is 0. The van der Waals surface area contributed by atoms with Crippen LogP contribution >= 0.6 is 24.0 Å². The summed E-state index contributed by atoms with van der Waals surface area (Å²) in [6.07, 6.45) is 0.820. The van der Waals surface area contributed by atoms with Gasteiger partial charge >= 0.3 is 0 Å². The number of carbonyl (C=O) groups is 2. The number of hydrogen-bond donors (Lipinski definition) is 0. The predicted molar refractivity (Wildman–Crippen MR) is 98.2 cm³/mol. The second-order valence-corrected chi connectivity index (χ2v) is 7.22. The zero-order valence-electron chi connectivity index (χ0n) is 13.3. The highest BCUT2D eigenvalue weighted by atomic mass is 32.2. The first-order chi connectivity index (χ1) is 11.0. The van der Waals surface area contributed by atoms with Crippen molar-refractivity contribution >= 4 is 51.4 Å². The standard InChI is InChI=1S/C17H18N2O2S2/c1-4-10(3)19-16(21)14(23-17(19)22)13-11-8-6-7-9-12(11)18(5-2)15(13)20/h6-10H,4-5H2,1-3H3. The summed E-state index contributed by atoms with van der Waals surface area (Å²) in [5.74, 6) is -0.260. The molecule has 1 unspecified atom stereocenters. The maximum Gasteiger partial charge on any atom is 0.267 e. The van der Waals surface area contributed by atoms with Crippen LogP contribution < -0.4 is 4.90 Å². The van der Waals surface area contributed by atoms with Crippen LogP contribution in [0.25, 0.3) is 5.57 Å². The molecule has 1 aromatic rings. The molecule has 2 heterocycles. The molecule has 4 nitrogen and oxygen atoms in total. The summed E-state index contributed by atoms with van der Waals surface area (Å²) in [4.78, 5) is 29.5. The fourth-order valence-electron chi connectivity index (χ4n) is 2.91. The second-order valence-electron chi connectivity index (χ2n) is 5.57. The molecule has 0 radical (unpaired) electrons. The summed E-state index contributed by atoms with van der Waals surface area (Å²) in [6.45, 7) is 6.50. The lowest BCUT2D eigenvalue weighted by Crippen LogP contribution is -2.36. The molecule has 23 heavy (non-hydrogen) atoms. The Morgan fingerprint density at radius 2 is 1.87 bits per heavy atom. The number of carbonyl (C=O) groups excluding carboxylic acids is 2. The number of fused-ring (bicyclic) bond motifs is 1. The monoisotopic (exact) mass is 346 g/mol. The molecule has 0 saturated carbocycles. The van der Waals surface area contributed by atoms with Crippen LogP contribution in [-0.4, -0.2) is 33.6 Å². The highest BCUT2D eigenvalue weighted by molar-refractivity contribution is 8.26. The fraction of sp³-hybridized carbons (Fsp3) is 0.353. The third kappa shape index (κ3) is 2.40. The molecule has 0 spiro atoms. The van der Waals surface area contributed by atoms with E-state index in [0.29, 0.717) is 21.3 Å². The molecule has 0 aromatic heterocycles. The lowest BCUT2D eigenvalue weighted by atomic mass is 10.1. The van der Waals surface area contributed by atoms with Gasteiger partial charge in [-0.2, -0.15) is 0 Å². The van der Waals surface area contributed by atoms with E-state index in [9.17, 15) is 9.59 Å². The number of anilines is 1. The molecule has 120 valence electrons. The van der Waals surface area contributed by atoms with Crippen LogP contribution in [0.4, 0.5) is 5.69 Å². The molecule has 1 saturated heterocycles. The molecular weight excluding hydrogens is 328 g/mol. The minimum Gasteiger partial charge on any atom is -0.308 e. The van der Waals surface area contributed by atoms with Gasteiger partial charge in [-0.05, 0) is 26.3 Å². The number of thioether (sulfide) groups is 1. The van der Waals surface area contributed by atoms with Gasteiger partial charge in [-0.15, -0.1) is 0 Å². The lowest BCUT2D eigenvalue weighted by Gasteiger charge is -2.21. The molecule has 1 fully saturated rings. The predicted octanol–water partition coefficient (Wildman–Crippen LogP) is 3.42.